The number of rotatable bonds is 6. The van der Waals surface area contributed by atoms with E-state index in [0.717, 1.165) is 30.7 Å². The molecule has 108 valence electrons. The molecule has 2 heteroatoms. The maximum Gasteiger partial charge on any atom is 0.0630 e. The number of aliphatic hydroxyl groups excluding tert-OH is 1. The van der Waals surface area contributed by atoms with E-state index in [1.54, 1.807) is 0 Å². The predicted octanol–water partition coefficient (Wildman–Crippen LogP) is 3.26. The highest BCUT2D eigenvalue weighted by molar-refractivity contribution is 5.02. The van der Waals surface area contributed by atoms with E-state index in [4.69, 9.17) is 0 Å². The van der Waals surface area contributed by atoms with Crippen molar-refractivity contribution in [3.63, 3.8) is 0 Å². The Hall–Kier alpha value is -0.340. The molecule has 0 amide bonds. The summed E-state index contributed by atoms with van der Waals surface area (Å²) in [6.45, 7) is 3.48. The van der Waals surface area contributed by atoms with Gasteiger partial charge < -0.3 is 10.4 Å². The minimum absolute atomic E-state index is 0.107. The minimum Gasteiger partial charge on any atom is -0.392 e. The molecule has 0 aromatic carbocycles. The van der Waals surface area contributed by atoms with Crippen molar-refractivity contribution in [1.29, 1.82) is 0 Å². The van der Waals surface area contributed by atoms with Crippen molar-refractivity contribution in [2.75, 3.05) is 6.54 Å². The molecular weight excluding hydrogens is 234 g/mol. The molecule has 4 atom stereocenters. The Morgan fingerprint density at radius 3 is 2.74 bits per heavy atom. The van der Waals surface area contributed by atoms with Crippen LogP contribution < -0.4 is 5.32 Å². The normalized spacial score (nSPS) is 38.3. The van der Waals surface area contributed by atoms with E-state index in [1.165, 1.54) is 45.1 Å². The van der Waals surface area contributed by atoms with Gasteiger partial charge in [-0.1, -0.05) is 25.5 Å². The summed E-state index contributed by atoms with van der Waals surface area (Å²) in [4.78, 5) is 0. The van der Waals surface area contributed by atoms with E-state index in [2.05, 4.69) is 24.4 Å². The monoisotopic (exact) mass is 263 g/mol. The topological polar surface area (TPSA) is 42.2 Å². The number of nitrogens with one attached hydrogen (secondary N) is 1. The second-order valence-electron chi connectivity index (χ2n) is 7.10. The molecule has 3 fully saturated rings. The fourth-order valence-electron chi connectivity index (χ4n) is 4.20. The zero-order chi connectivity index (χ0) is 13.3. The molecule has 2 aliphatic carbocycles. The highest BCUT2D eigenvalue weighted by atomic mass is 16.3. The van der Waals surface area contributed by atoms with Crippen molar-refractivity contribution in [1.82, 2.24) is 5.32 Å². The first kappa shape index (κ1) is 13.6. The number of hydrogen-bond acceptors (Lipinski definition) is 2. The van der Waals surface area contributed by atoms with Gasteiger partial charge in [0.05, 0.1) is 6.10 Å². The molecule has 2 saturated carbocycles. The Balaban J connectivity index is 1.42. The average molecular weight is 263 g/mol. The molecule has 3 rings (SSSR count). The number of aliphatic hydroxyl groups is 1. The quantitative estimate of drug-likeness (QED) is 0.570. The van der Waals surface area contributed by atoms with Gasteiger partial charge >= 0.3 is 0 Å². The van der Waals surface area contributed by atoms with E-state index >= 15 is 0 Å². The van der Waals surface area contributed by atoms with Crippen molar-refractivity contribution >= 4 is 0 Å². The number of hydrogen-bond donors (Lipinski definition) is 2. The lowest BCUT2D eigenvalue weighted by molar-refractivity contribution is -0.0355. The molecule has 0 aromatic rings. The lowest BCUT2D eigenvalue weighted by atomic mass is 9.63. The van der Waals surface area contributed by atoms with Crippen LogP contribution in [0.2, 0.25) is 0 Å². The Morgan fingerprint density at radius 2 is 2.16 bits per heavy atom. The van der Waals surface area contributed by atoms with E-state index < -0.39 is 0 Å². The zero-order valence-corrected chi connectivity index (χ0v) is 12.3. The maximum absolute atomic E-state index is 10.4. The van der Waals surface area contributed by atoms with Crippen LogP contribution >= 0.6 is 0 Å². The first-order valence-electron chi connectivity index (χ1n) is 8.31. The summed E-state index contributed by atoms with van der Waals surface area (Å²) >= 11 is 0. The third-order valence-electron chi connectivity index (χ3n) is 6.05. The van der Waals surface area contributed by atoms with Crippen molar-refractivity contribution in [2.45, 2.75) is 70.4 Å². The Bertz CT molecular complexity index is 325. The van der Waals surface area contributed by atoms with Gasteiger partial charge in [-0.15, -0.1) is 0 Å². The van der Waals surface area contributed by atoms with Crippen LogP contribution in [-0.2, 0) is 0 Å². The van der Waals surface area contributed by atoms with Crippen LogP contribution in [0.3, 0.4) is 0 Å². The minimum atomic E-state index is -0.107. The van der Waals surface area contributed by atoms with Gasteiger partial charge in [0.1, 0.15) is 0 Å². The zero-order valence-electron chi connectivity index (χ0n) is 12.3. The van der Waals surface area contributed by atoms with Gasteiger partial charge in [-0.3, -0.25) is 0 Å². The SMILES string of the molecule is CCC1(C(O)C/C=C/[C@H]2CCC(C3CN3)C2)CCC1. The summed E-state index contributed by atoms with van der Waals surface area (Å²) in [6.07, 6.45) is 14.5. The largest absolute Gasteiger partial charge is 0.392 e. The first-order valence-corrected chi connectivity index (χ1v) is 8.31. The van der Waals surface area contributed by atoms with Gasteiger partial charge in [0.15, 0.2) is 0 Å². The summed E-state index contributed by atoms with van der Waals surface area (Å²) < 4.78 is 0. The van der Waals surface area contributed by atoms with Crippen molar-refractivity contribution < 1.29 is 5.11 Å². The van der Waals surface area contributed by atoms with Gasteiger partial charge in [-0.05, 0) is 62.2 Å². The van der Waals surface area contributed by atoms with Crippen LogP contribution in [0.4, 0.5) is 0 Å². The van der Waals surface area contributed by atoms with Gasteiger partial charge in [-0.2, -0.15) is 0 Å². The predicted molar refractivity (Wildman–Crippen MR) is 79.0 cm³/mol. The lowest BCUT2D eigenvalue weighted by Crippen LogP contribution is -2.40. The molecular formula is C17H29NO. The average Bonchev–Trinajstić information content (AvgIpc) is 3.09. The lowest BCUT2D eigenvalue weighted by Gasteiger charge is -2.45. The van der Waals surface area contributed by atoms with Gasteiger partial charge in [0.2, 0.25) is 0 Å². The molecule has 0 radical (unpaired) electrons. The van der Waals surface area contributed by atoms with Crippen LogP contribution in [0.5, 0.6) is 0 Å². The van der Waals surface area contributed by atoms with E-state index in [-0.39, 0.29) is 11.5 Å². The Morgan fingerprint density at radius 1 is 1.37 bits per heavy atom. The van der Waals surface area contributed by atoms with Crippen LogP contribution in [0.1, 0.15) is 58.3 Å². The first-order chi connectivity index (χ1) is 9.23. The van der Waals surface area contributed by atoms with Gasteiger partial charge in [0, 0.05) is 12.6 Å². The fraction of sp³-hybridized carbons (Fsp3) is 0.882. The highest BCUT2D eigenvalue weighted by Crippen LogP contribution is 2.47. The summed E-state index contributed by atoms with van der Waals surface area (Å²) in [5, 5.41) is 13.8. The molecule has 3 unspecified atom stereocenters. The third-order valence-corrected chi connectivity index (χ3v) is 6.05. The second kappa shape index (κ2) is 5.57. The van der Waals surface area contributed by atoms with E-state index in [9.17, 15) is 5.11 Å². The smallest absolute Gasteiger partial charge is 0.0630 e. The van der Waals surface area contributed by atoms with Crippen LogP contribution in [-0.4, -0.2) is 23.8 Å². The van der Waals surface area contributed by atoms with Crippen molar-refractivity contribution in [3.8, 4) is 0 Å². The van der Waals surface area contributed by atoms with E-state index in [1.807, 2.05) is 0 Å². The molecule has 0 bridgehead atoms. The molecule has 2 N–H and O–H groups in total. The van der Waals surface area contributed by atoms with Gasteiger partial charge in [-0.25, -0.2) is 0 Å². The Kier molecular flexibility index (Phi) is 4.00. The molecule has 19 heavy (non-hydrogen) atoms. The fourth-order valence-corrected chi connectivity index (χ4v) is 4.20. The van der Waals surface area contributed by atoms with Crippen molar-refractivity contribution in [2.24, 2.45) is 17.3 Å². The molecule has 1 aliphatic heterocycles. The van der Waals surface area contributed by atoms with Crippen LogP contribution in [0.25, 0.3) is 0 Å². The number of allylic oxidation sites excluding steroid dienone is 1. The maximum atomic E-state index is 10.4. The van der Waals surface area contributed by atoms with E-state index in [0.29, 0.717) is 0 Å². The summed E-state index contributed by atoms with van der Waals surface area (Å²) in [5.74, 6) is 1.70. The highest BCUT2D eigenvalue weighted by Gasteiger charge is 2.41. The summed E-state index contributed by atoms with van der Waals surface area (Å²) in [5.41, 5.74) is 0.264. The van der Waals surface area contributed by atoms with Gasteiger partial charge in [0.25, 0.3) is 0 Å². The molecule has 2 nitrogen and oxygen atoms in total. The molecule has 0 aromatic heterocycles. The van der Waals surface area contributed by atoms with Crippen LogP contribution in [0, 0.1) is 17.3 Å². The summed E-state index contributed by atoms with van der Waals surface area (Å²) in [7, 11) is 0. The third kappa shape index (κ3) is 2.90. The molecule has 1 saturated heterocycles. The standard InChI is InChI=1S/C17H29NO/c1-2-17(9-4-10-17)16(19)6-3-5-13-7-8-14(11-13)15-12-18-15/h3,5,13-16,18-19H,2,4,6-12H2,1H3/b5-3+/t13-,14?,15?,16?/m0/s1. The Labute approximate surface area is 117 Å². The molecule has 1 heterocycles. The molecule has 0 spiro atoms. The molecule has 3 aliphatic rings. The second-order valence-corrected chi connectivity index (χ2v) is 7.10. The summed E-state index contributed by atoms with van der Waals surface area (Å²) in [6, 6.07) is 0.835. The van der Waals surface area contributed by atoms with Crippen molar-refractivity contribution in [3.05, 3.63) is 12.2 Å². The van der Waals surface area contributed by atoms with Crippen LogP contribution in [0.15, 0.2) is 12.2 Å².